The molecule has 2 bridgehead atoms. The molecular weight excluding hydrogens is 570 g/mol. The van der Waals surface area contributed by atoms with E-state index in [-0.39, 0.29) is 29.0 Å². The zero-order valence-electron chi connectivity index (χ0n) is 21.0. The zero-order chi connectivity index (χ0) is 27.6. The smallest absolute Gasteiger partial charge is 0.275 e. The van der Waals surface area contributed by atoms with E-state index in [2.05, 4.69) is 26.5 Å². The number of anilines is 1. The molecule has 0 spiro atoms. The van der Waals surface area contributed by atoms with Crippen molar-refractivity contribution in [1.82, 2.24) is 5.43 Å². The van der Waals surface area contributed by atoms with E-state index in [0.29, 0.717) is 5.69 Å². The Morgan fingerprint density at radius 2 is 1.45 bits per heavy atom. The molecule has 7 nitrogen and oxygen atoms in total. The lowest BCUT2D eigenvalue weighted by atomic mass is 9.47. The van der Waals surface area contributed by atoms with E-state index in [4.69, 9.17) is 0 Å². The summed E-state index contributed by atoms with van der Waals surface area (Å²) in [6.45, 7) is 0. The maximum absolute atomic E-state index is 14.3. The van der Waals surface area contributed by atoms with Crippen LogP contribution >= 0.6 is 15.9 Å². The van der Waals surface area contributed by atoms with Crippen molar-refractivity contribution in [2.24, 2.45) is 16.9 Å². The molecule has 2 atom stereocenters. The Balaban J connectivity index is 1.41. The average molecular weight is 592 g/mol. The van der Waals surface area contributed by atoms with Gasteiger partial charge in [-0.05, 0) is 58.7 Å². The molecule has 1 fully saturated rings. The standard InChI is InChI=1S/C32H22BrN3O4/c33-18-13-15-19(16-14-18)36-30(39)27-26-20-7-1-4-10-23(20)32(28(27)31(36)40,24-11-5-2-8-21(24)26)17-34-35-29(38)22-9-3-6-12-25(22)37/h1-17,26-28,37H,(H,35,38)/b34-17-/t26?,27-,28+,32?/m1/s1. The van der Waals surface area contributed by atoms with Crippen molar-refractivity contribution < 1.29 is 19.5 Å². The molecule has 8 heteroatoms. The van der Waals surface area contributed by atoms with Crippen LogP contribution in [0.15, 0.2) is 107 Å². The topological polar surface area (TPSA) is 99.1 Å². The van der Waals surface area contributed by atoms with E-state index in [1.54, 1.807) is 30.5 Å². The highest BCUT2D eigenvalue weighted by atomic mass is 79.9. The lowest BCUT2D eigenvalue weighted by molar-refractivity contribution is -0.122. The van der Waals surface area contributed by atoms with Gasteiger partial charge in [0.25, 0.3) is 5.91 Å². The molecule has 3 amide bonds. The quantitative estimate of drug-likeness (QED) is 0.195. The summed E-state index contributed by atoms with van der Waals surface area (Å²) in [4.78, 5) is 42.7. The van der Waals surface area contributed by atoms with Gasteiger partial charge in [0.05, 0.1) is 28.5 Å². The number of rotatable bonds is 4. The van der Waals surface area contributed by atoms with Gasteiger partial charge >= 0.3 is 0 Å². The van der Waals surface area contributed by atoms with Gasteiger partial charge in [0.2, 0.25) is 11.8 Å². The lowest BCUT2D eigenvalue weighted by Gasteiger charge is -2.52. The van der Waals surface area contributed by atoms with E-state index < -0.39 is 23.2 Å². The van der Waals surface area contributed by atoms with Crippen LogP contribution in [0.1, 0.15) is 38.5 Å². The first-order chi connectivity index (χ1) is 19.4. The van der Waals surface area contributed by atoms with E-state index in [0.717, 1.165) is 26.7 Å². The van der Waals surface area contributed by atoms with Crippen LogP contribution in [0.4, 0.5) is 5.69 Å². The molecule has 3 aliphatic carbocycles. The van der Waals surface area contributed by atoms with Crippen LogP contribution in [0.25, 0.3) is 0 Å². The average Bonchev–Trinajstić information content (AvgIpc) is 3.24. The fourth-order valence-corrected chi connectivity index (χ4v) is 7.08. The van der Waals surface area contributed by atoms with Gasteiger partial charge in [0.15, 0.2) is 0 Å². The van der Waals surface area contributed by atoms with Crippen LogP contribution in [-0.4, -0.2) is 29.0 Å². The number of aromatic hydroxyl groups is 1. The van der Waals surface area contributed by atoms with E-state index in [1.807, 2.05) is 60.7 Å². The Morgan fingerprint density at radius 1 is 0.850 bits per heavy atom. The van der Waals surface area contributed by atoms with Gasteiger partial charge in [-0.3, -0.25) is 14.4 Å². The second-order valence-electron chi connectivity index (χ2n) is 10.2. The third kappa shape index (κ3) is 3.29. The number of nitrogens with one attached hydrogen (secondary N) is 1. The molecule has 4 aromatic rings. The molecule has 0 radical (unpaired) electrons. The van der Waals surface area contributed by atoms with Gasteiger partial charge in [-0.25, -0.2) is 10.3 Å². The summed E-state index contributed by atoms with van der Waals surface area (Å²) < 4.78 is 0.844. The summed E-state index contributed by atoms with van der Waals surface area (Å²) in [6.07, 6.45) is 1.60. The van der Waals surface area contributed by atoms with Crippen molar-refractivity contribution in [1.29, 1.82) is 0 Å². The molecule has 0 saturated carbocycles. The van der Waals surface area contributed by atoms with Crippen LogP contribution in [0, 0.1) is 11.8 Å². The monoisotopic (exact) mass is 591 g/mol. The zero-order valence-corrected chi connectivity index (χ0v) is 22.6. The summed E-state index contributed by atoms with van der Waals surface area (Å²) in [6, 6.07) is 29.0. The Kier molecular flexibility index (Phi) is 5.50. The number of carbonyl (C=O) groups is 3. The number of carbonyl (C=O) groups excluding carboxylic acids is 3. The molecule has 1 heterocycles. The predicted octanol–water partition coefficient (Wildman–Crippen LogP) is 5.12. The number of nitrogens with zero attached hydrogens (tertiary/aromatic N) is 2. The molecule has 4 aromatic carbocycles. The van der Waals surface area contributed by atoms with Gasteiger partial charge in [-0.2, -0.15) is 5.10 Å². The van der Waals surface area contributed by atoms with Gasteiger partial charge in [-0.15, -0.1) is 0 Å². The Hall–Kier alpha value is -4.56. The van der Waals surface area contributed by atoms with E-state index in [9.17, 15) is 19.5 Å². The van der Waals surface area contributed by atoms with Crippen molar-refractivity contribution in [2.75, 3.05) is 4.90 Å². The lowest BCUT2D eigenvalue weighted by Crippen LogP contribution is -2.54. The Bertz CT molecular complexity index is 1700. The Morgan fingerprint density at radius 3 is 2.10 bits per heavy atom. The third-order valence-electron chi connectivity index (χ3n) is 8.35. The second-order valence-corrected chi connectivity index (χ2v) is 11.1. The number of amides is 3. The molecule has 1 aliphatic heterocycles. The summed E-state index contributed by atoms with van der Waals surface area (Å²) in [5.74, 6) is -2.99. The number of hydrogen-bond acceptors (Lipinski definition) is 5. The van der Waals surface area contributed by atoms with Crippen LogP contribution in [0.5, 0.6) is 5.75 Å². The minimum Gasteiger partial charge on any atom is -0.507 e. The molecule has 1 saturated heterocycles. The number of halogens is 1. The maximum atomic E-state index is 14.3. The molecule has 4 aliphatic rings. The maximum Gasteiger partial charge on any atom is 0.275 e. The Labute approximate surface area is 238 Å². The van der Waals surface area contributed by atoms with Crippen LogP contribution < -0.4 is 10.3 Å². The van der Waals surface area contributed by atoms with Crippen molar-refractivity contribution in [2.45, 2.75) is 11.3 Å². The minimum atomic E-state index is -1.10. The molecule has 196 valence electrons. The first-order valence-electron chi connectivity index (χ1n) is 12.9. The number of phenols is 1. The van der Waals surface area contributed by atoms with Gasteiger partial charge < -0.3 is 5.11 Å². The highest BCUT2D eigenvalue weighted by Crippen LogP contribution is 2.63. The highest BCUT2D eigenvalue weighted by Gasteiger charge is 2.68. The second kappa shape index (κ2) is 8.99. The first-order valence-corrected chi connectivity index (χ1v) is 13.7. The summed E-state index contributed by atoms with van der Waals surface area (Å²) in [5, 5.41) is 14.5. The highest BCUT2D eigenvalue weighted by molar-refractivity contribution is 9.10. The number of phenolic OH excluding ortho intramolecular Hbond substituents is 1. The van der Waals surface area contributed by atoms with Crippen LogP contribution in [0.2, 0.25) is 0 Å². The number of imide groups is 1. The first kappa shape index (κ1) is 24.5. The van der Waals surface area contributed by atoms with Crippen molar-refractivity contribution in [3.63, 3.8) is 0 Å². The minimum absolute atomic E-state index is 0.0803. The van der Waals surface area contributed by atoms with Crippen LogP contribution in [-0.2, 0) is 15.0 Å². The molecule has 8 rings (SSSR count). The van der Waals surface area contributed by atoms with Crippen LogP contribution in [0.3, 0.4) is 0 Å². The van der Waals surface area contributed by atoms with Crippen molar-refractivity contribution in [3.8, 4) is 5.75 Å². The fraction of sp³-hybridized carbons (Fsp3) is 0.125. The van der Waals surface area contributed by atoms with E-state index >= 15 is 0 Å². The molecule has 0 aromatic heterocycles. The molecular formula is C32H22BrN3O4. The normalized spacial score (nSPS) is 24.1. The summed E-state index contributed by atoms with van der Waals surface area (Å²) in [7, 11) is 0. The van der Waals surface area contributed by atoms with E-state index in [1.165, 1.54) is 17.0 Å². The number of hydrazone groups is 1. The predicted molar refractivity (Wildman–Crippen MR) is 153 cm³/mol. The van der Waals surface area contributed by atoms with Crippen molar-refractivity contribution in [3.05, 3.63) is 129 Å². The number of hydrogen-bond donors (Lipinski definition) is 2. The largest absolute Gasteiger partial charge is 0.507 e. The van der Waals surface area contributed by atoms with Gasteiger partial charge in [0, 0.05) is 16.6 Å². The molecule has 40 heavy (non-hydrogen) atoms. The fourth-order valence-electron chi connectivity index (χ4n) is 6.81. The summed E-state index contributed by atoms with van der Waals surface area (Å²) >= 11 is 3.43. The van der Waals surface area contributed by atoms with Crippen molar-refractivity contribution >= 4 is 45.6 Å². The third-order valence-corrected chi connectivity index (χ3v) is 8.88. The van der Waals surface area contributed by atoms with Gasteiger partial charge in [-0.1, -0.05) is 76.6 Å². The van der Waals surface area contributed by atoms with Gasteiger partial charge in [0.1, 0.15) is 5.75 Å². The number of benzene rings is 4. The number of para-hydroxylation sites is 1. The molecule has 0 unspecified atom stereocenters. The SMILES string of the molecule is O=C(N/N=C\C12c3ccccc3C(c3ccccc31)[C@H]1C(=O)N(c3ccc(Br)cc3)C(=O)[C@H]12)c1ccccc1O. The molecule has 2 N–H and O–H groups in total. The summed E-state index contributed by atoms with van der Waals surface area (Å²) in [5.41, 5.74) is 5.75.